The van der Waals surface area contributed by atoms with Crippen molar-refractivity contribution in [1.82, 2.24) is 9.97 Å². The molecule has 0 unspecified atom stereocenters. The number of H-pyrrole nitrogens is 1. The highest BCUT2D eigenvalue weighted by atomic mass is 32.1. The maximum Gasteiger partial charge on any atom is 0.167 e. The predicted molar refractivity (Wildman–Crippen MR) is 51.1 cm³/mol. The summed E-state index contributed by atoms with van der Waals surface area (Å²) in [5.41, 5.74) is 0.534. The molecule has 2 rings (SSSR count). The summed E-state index contributed by atoms with van der Waals surface area (Å²) >= 11 is 1.69. The van der Waals surface area contributed by atoms with E-state index in [1.54, 1.807) is 17.5 Å². The normalized spacial score (nSPS) is 10.2. The smallest absolute Gasteiger partial charge is 0.167 e. The molecule has 2 heterocycles. The van der Waals surface area contributed by atoms with Crippen molar-refractivity contribution >= 4 is 17.6 Å². The van der Waals surface area contributed by atoms with Crippen LogP contribution in [0.5, 0.6) is 0 Å². The average Bonchev–Trinajstić information content (AvgIpc) is 2.76. The van der Waals surface area contributed by atoms with Crippen molar-refractivity contribution in [2.45, 2.75) is 6.42 Å². The Morgan fingerprint density at radius 3 is 3.15 bits per heavy atom. The summed E-state index contributed by atoms with van der Waals surface area (Å²) in [6.07, 6.45) is 3.09. The third-order valence-electron chi connectivity index (χ3n) is 1.70. The van der Waals surface area contributed by atoms with Crippen LogP contribution in [0.3, 0.4) is 0 Å². The minimum atomic E-state index is 0.534. The maximum atomic E-state index is 10.4. The SMILES string of the molecule is O=Cc1cnc(Cc2cccs2)[nH]1. The summed E-state index contributed by atoms with van der Waals surface area (Å²) in [6, 6.07) is 4.05. The van der Waals surface area contributed by atoms with Gasteiger partial charge in [0.15, 0.2) is 6.29 Å². The van der Waals surface area contributed by atoms with Crippen LogP contribution in [0.2, 0.25) is 0 Å². The molecule has 0 fully saturated rings. The lowest BCUT2D eigenvalue weighted by Crippen LogP contribution is -1.87. The van der Waals surface area contributed by atoms with Gasteiger partial charge >= 0.3 is 0 Å². The molecule has 0 radical (unpaired) electrons. The highest BCUT2D eigenvalue weighted by Gasteiger charge is 2.01. The molecule has 4 heteroatoms. The van der Waals surface area contributed by atoms with Crippen LogP contribution in [0, 0.1) is 0 Å². The van der Waals surface area contributed by atoms with Gasteiger partial charge < -0.3 is 4.98 Å². The highest BCUT2D eigenvalue weighted by molar-refractivity contribution is 7.09. The van der Waals surface area contributed by atoms with Crippen molar-refractivity contribution in [3.8, 4) is 0 Å². The zero-order chi connectivity index (χ0) is 9.10. The summed E-state index contributed by atoms with van der Waals surface area (Å²) in [7, 11) is 0. The highest BCUT2D eigenvalue weighted by Crippen LogP contribution is 2.12. The largest absolute Gasteiger partial charge is 0.340 e. The van der Waals surface area contributed by atoms with E-state index in [1.165, 1.54) is 4.88 Å². The molecular formula is C9H8N2OS. The van der Waals surface area contributed by atoms with Crippen molar-refractivity contribution in [1.29, 1.82) is 0 Å². The van der Waals surface area contributed by atoms with Crippen LogP contribution in [-0.2, 0) is 6.42 Å². The van der Waals surface area contributed by atoms with Gasteiger partial charge in [0.25, 0.3) is 0 Å². The van der Waals surface area contributed by atoms with E-state index in [4.69, 9.17) is 0 Å². The second kappa shape index (κ2) is 3.53. The van der Waals surface area contributed by atoms with Crippen molar-refractivity contribution in [3.05, 3.63) is 40.1 Å². The van der Waals surface area contributed by atoms with Gasteiger partial charge in [-0.15, -0.1) is 11.3 Å². The minimum Gasteiger partial charge on any atom is -0.340 e. The summed E-state index contributed by atoms with van der Waals surface area (Å²) in [5.74, 6) is 0.838. The maximum absolute atomic E-state index is 10.4. The van der Waals surface area contributed by atoms with Gasteiger partial charge in [-0.25, -0.2) is 4.98 Å². The van der Waals surface area contributed by atoms with E-state index in [2.05, 4.69) is 9.97 Å². The van der Waals surface area contributed by atoms with Crippen LogP contribution in [0.25, 0.3) is 0 Å². The molecule has 3 nitrogen and oxygen atoms in total. The van der Waals surface area contributed by atoms with Gasteiger partial charge in [0.05, 0.1) is 11.9 Å². The van der Waals surface area contributed by atoms with E-state index in [-0.39, 0.29) is 0 Å². The number of aromatic amines is 1. The molecule has 0 bridgehead atoms. The molecule has 0 spiro atoms. The van der Waals surface area contributed by atoms with Crippen LogP contribution >= 0.6 is 11.3 Å². The molecular weight excluding hydrogens is 184 g/mol. The molecule has 0 aromatic carbocycles. The van der Waals surface area contributed by atoms with Crippen LogP contribution in [-0.4, -0.2) is 16.3 Å². The zero-order valence-corrected chi connectivity index (χ0v) is 7.67. The Kier molecular flexibility index (Phi) is 2.23. The van der Waals surface area contributed by atoms with E-state index in [9.17, 15) is 4.79 Å². The molecule has 0 atom stereocenters. The van der Waals surface area contributed by atoms with Gasteiger partial charge in [-0.2, -0.15) is 0 Å². The molecule has 13 heavy (non-hydrogen) atoms. The summed E-state index contributed by atoms with van der Waals surface area (Å²) in [4.78, 5) is 18.6. The van der Waals surface area contributed by atoms with Gasteiger partial charge in [0, 0.05) is 11.3 Å². The zero-order valence-electron chi connectivity index (χ0n) is 6.86. The van der Waals surface area contributed by atoms with E-state index in [1.807, 2.05) is 17.5 Å². The quantitative estimate of drug-likeness (QED) is 0.754. The molecule has 2 aromatic rings. The van der Waals surface area contributed by atoms with Gasteiger partial charge in [-0.1, -0.05) is 6.07 Å². The molecule has 0 aliphatic carbocycles. The number of nitrogens with one attached hydrogen (secondary N) is 1. The molecule has 0 saturated heterocycles. The molecule has 0 saturated carbocycles. The Labute approximate surface area is 79.4 Å². The lowest BCUT2D eigenvalue weighted by Gasteiger charge is -1.90. The molecule has 2 aromatic heterocycles. The number of imidazole rings is 1. The summed E-state index contributed by atoms with van der Waals surface area (Å²) in [5, 5.41) is 2.03. The second-order valence-electron chi connectivity index (χ2n) is 2.66. The van der Waals surface area contributed by atoms with Gasteiger partial charge in [0.2, 0.25) is 0 Å². The number of rotatable bonds is 3. The monoisotopic (exact) mass is 192 g/mol. The average molecular weight is 192 g/mol. The molecule has 1 N–H and O–H groups in total. The number of aldehydes is 1. The predicted octanol–water partition coefficient (Wildman–Crippen LogP) is 1.87. The van der Waals surface area contributed by atoms with Crippen LogP contribution in [0.4, 0.5) is 0 Å². The summed E-state index contributed by atoms with van der Waals surface area (Å²) < 4.78 is 0. The summed E-state index contributed by atoms with van der Waals surface area (Å²) in [6.45, 7) is 0. The lowest BCUT2D eigenvalue weighted by atomic mass is 10.3. The Bertz CT molecular complexity index is 391. The first kappa shape index (κ1) is 8.19. The van der Waals surface area contributed by atoms with E-state index >= 15 is 0 Å². The van der Waals surface area contributed by atoms with E-state index in [0.29, 0.717) is 5.69 Å². The number of aromatic nitrogens is 2. The van der Waals surface area contributed by atoms with Crippen molar-refractivity contribution in [2.75, 3.05) is 0 Å². The fourth-order valence-electron chi connectivity index (χ4n) is 1.11. The number of carbonyl (C=O) groups is 1. The minimum absolute atomic E-state index is 0.534. The van der Waals surface area contributed by atoms with E-state index in [0.717, 1.165) is 18.5 Å². The van der Waals surface area contributed by atoms with Crippen LogP contribution < -0.4 is 0 Å². The molecule has 0 aliphatic heterocycles. The molecule has 0 aliphatic rings. The fraction of sp³-hybridized carbons (Fsp3) is 0.111. The molecule has 66 valence electrons. The second-order valence-corrected chi connectivity index (χ2v) is 3.69. The first-order valence-electron chi connectivity index (χ1n) is 3.90. The standard InChI is InChI=1S/C9H8N2OS/c12-6-7-5-10-9(11-7)4-8-2-1-3-13-8/h1-3,5-6H,4H2,(H,10,11). The fourth-order valence-corrected chi connectivity index (χ4v) is 1.82. The molecule has 0 amide bonds. The number of nitrogens with zero attached hydrogens (tertiary/aromatic N) is 1. The van der Waals surface area contributed by atoms with Crippen molar-refractivity contribution in [2.24, 2.45) is 0 Å². The Balaban J connectivity index is 2.14. The first-order valence-corrected chi connectivity index (χ1v) is 4.78. The van der Waals surface area contributed by atoms with E-state index < -0.39 is 0 Å². The van der Waals surface area contributed by atoms with Crippen LogP contribution in [0.1, 0.15) is 21.2 Å². The van der Waals surface area contributed by atoms with Crippen molar-refractivity contribution in [3.63, 3.8) is 0 Å². The number of hydrogen-bond acceptors (Lipinski definition) is 3. The number of thiophene rings is 1. The topological polar surface area (TPSA) is 45.8 Å². The third-order valence-corrected chi connectivity index (χ3v) is 2.57. The van der Waals surface area contributed by atoms with Crippen molar-refractivity contribution < 1.29 is 4.79 Å². The Morgan fingerprint density at radius 2 is 2.54 bits per heavy atom. The van der Waals surface area contributed by atoms with Gasteiger partial charge in [0.1, 0.15) is 5.82 Å². The Morgan fingerprint density at radius 1 is 1.62 bits per heavy atom. The van der Waals surface area contributed by atoms with Gasteiger partial charge in [-0.05, 0) is 11.4 Å². The van der Waals surface area contributed by atoms with Crippen LogP contribution in [0.15, 0.2) is 23.7 Å². The third kappa shape index (κ3) is 1.84. The number of carbonyl (C=O) groups excluding carboxylic acids is 1. The first-order chi connectivity index (χ1) is 6.38. The lowest BCUT2D eigenvalue weighted by molar-refractivity contribution is 0.111. The Hall–Kier alpha value is -1.42. The van der Waals surface area contributed by atoms with Gasteiger partial charge in [-0.3, -0.25) is 4.79 Å². The number of hydrogen-bond donors (Lipinski definition) is 1.